The number of benzene rings is 1. The lowest BCUT2D eigenvalue weighted by Gasteiger charge is -2.27. The van der Waals surface area contributed by atoms with Gasteiger partial charge in [0.15, 0.2) is 5.78 Å². The minimum atomic E-state index is -0.0161. The molecule has 1 N–H and O–H groups in total. The van der Waals surface area contributed by atoms with Crippen LogP contribution in [0.4, 0.5) is 0 Å². The lowest BCUT2D eigenvalue weighted by Crippen LogP contribution is -2.30. The van der Waals surface area contributed by atoms with Gasteiger partial charge in [-0.2, -0.15) is 0 Å². The van der Waals surface area contributed by atoms with E-state index in [-0.39, 0.29) is 17.8 Å². The number of amides is 1. The second kappa shape index (κ2) is 11.8. The van der Waals surface area contributed by atoms with Crippen molar-refractivity contribution < 1.29 is 14.3 Å². The van der Waals surface area contributed by atoms with E-state index in [1.54, 1.807) is 0 Å². The van der Waals surface area contributed by atoms with Crippen molar-refractivity contribution in [3.63, 3.8) is 0 Å². The zero-order chi connectivity index (χ0) is 20.4. The molecule has 1 atom stereocenters. The van der Waals surface area contributed by atoms with Crippen LogP contribution < -0.4 is 10.1 Å². The van der Waals surface area contributed by atoms with Crippen molar-refractivity contribution in [2.45, 2.75) is 71.3 Å². The molecule has 0 spiro atoms. The first-order valence-electron chi connectivity index (χ1n) is 10.8. The molecule has 1 aliphatic rings. The Kier molecular flexibility index (Phi) is 9.48. The van der Waals surface area contributed by atoms with Gasteiger partial charge in [0, 0.05) is 19.4 Å². The van der Waals surface area contributed by atoms with Gasteiger partial charge in [0.1, 0.15) is 11.9 Å². The predicted octanol–water partition coefficient (Wildman–Crippen LogP) is 4.13. The molecule has 5 heteroatoms. The number of carbonyl (C=O) groups excluding carboxylic acids is 2. The zero-order valence-electron chi connectivity index (χ0n) is 17.8. The Morgan fingerprint density at radius 3 is 2.79 bits per heavy atom. The summed E-state index contributed by atoms with van der Waals surface area (Å²) in [5.41, 5.74) is 1.76. The maximum atomic E-state index is 12.4. The third kappa shape index (κ3) is 7.27. The number of hydrogen-bond donors (Lipinski definition) is 1. The van der Waals surface area contributed by atoms with E-state index in [1.807, 2.05) is 25.1 Å². The molecule has 1 amide bonds. The first-order chi connectivity index (χ1) is 13.5. The summed E-state index contributed by atoms with van der Waals surface area (Å²) in [5.74, 6) is 1.11. The third-order valence-electron chi connectivity index (χ3n) is 5.33. The Balaban J connectivity index is 1.58. The van der Waals surface area contributed by atoms with Crippen molar-refractivity contribution in [1.29, 1.82) is 0 Å². The van der Waals surface area contributed by atoms with E-state index >= 15 is 0 Å². The summed E-state index contributed by atoms with van der Waals surface area (Å²) >= 11 is 0. The first-order valence-corrected chi connectivity index (χ1v) is 10.8. The van der Waals surface area contributed by atoms with Crippen LogP contribution in [0, 0.1) is 6.92 Å². The van der Waals surface area contributed by atoms with Crippen LogP contribution in [0.5, 0.6) is 5.75 Å². The van der Waals surface area contributed by atoms with Crippen LogP contribution in [0.1, 0.15) is 74.2 Å². The molecular weight excluding hydrogens is 352 g/mol. The van der Waals surface area contributed by atoms with E-state index < -0.39 is 0 Å². The molecule has 2 rings (SSSR count). The van der Waals surface area contributed by atoms with Gasteiger partial charge in [0.25, 0.3) is 0 Å². The molecule has 1 heterocycles. The number of rotatable bonds is 12. The average molecular weight is 389 g/mol. The monoisotopic (exact) mass is 388 g/mol. The van der Waals surface area contributed by atoms with Crippen LogP contribution in [0.2, 0.25) is 0 Å². The van der Waals surface area contributed by atoms with Gasteiger partial charge < -0.3 is 15.0 Å². The van der Waals surface area contributed by atoms with Gasteiger partial charge in [-0.25, -0.2) is 0 Å². The van der Waals surface area contributed by atoms with Crippen LogP contribution in [-0.4, -0.2) is 49.4 Å². The fraction of sp³-hybridized carbons (Fsp3) is 0.652. The van der Waals surface area contributed by atoms with Crippen LogP contribution in [-0.2, 0) is 4.79 Å². The van der Waals surface area contributed by atoms with Crippen LogP contribution in [0.15, 0.2) is 18.2 Å². The molecular formula is C23H36N2O3. The molecule has 0 fully saturated rings. The molecule has 0 saturated heterocycles. The Hall–Kier alpha value is -1.88. The molecule has 156 valence electrons. The summed E-state index contributed by atoms with van der Waals surface area (Å²) in [5, 5.41) is 3.00. The fourth-order valence-corrected chi connectivity index (χ4v) is 3.69. The Morgan fingerprint density at radius 2 is 2.00 bits per heavy atom. The number of ether oxygens (including phenoxy) is 1. The number of Topliss-reactive ketones (excluding diaryl/α,β-unsaturated/α-hetero) is 1. The van der Waals surface area contributed by atoms with E-state index in [2.05, 4.69) is 24.2 Å². The molecule has 0 saturated carbocycles. The standard InChI is InChI=1S/C23H36N2O3/c1-4-5-6-13-22(27)24-14-9-16-25(3)15-8-11-19-17-20(26)23-18(2)10-7-12-21(23)28-19/h7,10,12,19H,4-6,8-9,11,13-17H2,1-3H3,(H,24,27). The van der Waals surface area contributed by atoms with Gasteiger partial charge in [-0.05, 0) is 64.4 Å². The van der Waals surface area contributed by atoms with Crippen LogP contribution in [0.3, 0.4) is 0 Å². The molecule has 1 aliphatic heterocycles. The van der Waals surface area contributed by atoms with Crippen molar-refractivity contribution in [2.24, 2.45) is 0 Å². The lowest BCUT2D eigenvalue weighted by molar-refractivity contribution is -0.121. The number of unbranched alkanes of at least 4 members (excludes halogenated alkanes) is 2. The van der Waals surface area contributed by atoms with Crippen molar-refractivity contribution in [2.75, 3.05) is 26.7 Å². The van der Waals surface area contributed by atoms with E-state index in [0.717, 1.165) is 75.0 Å². The highest BCUT2D eigenvalue weighted by atomic mass is 16.5. The topological polar surface area (TPSA) is 58.6 Å². The Morgan fingerprint density at radius 1 is 1.21 bits per heavy atom. The number of nitrogens with one attached hydrogen (secondary N) is 1. The largest absolute Gasteiger partial charge is 0.489 e. The highest BCUT2D eigenvalue weighted by molar-refractivity contribution is 6.01. The molecule has 0 aromatic heterocycles. The number of nitrogens with zero attached hydrogens (tertiary/aromatic N) is 1. The predicted molar refractivity (Wildman–Crippen MR) is 113 cm³/mol. The molecule has 0 aliphatic carbocycles. The number of ketones is 1. The van der Waals surface area contributed by atoms with E-state index in [0.29, 0.717) is 12.8 Å². The molecule has 28 heavy (non-hydrogen) atoms. The van der Waals surface area contributed by atoms with Gasteiger partial charge in [-0.1, -0.05) is 31.9 Å². The maximum Gasteiger partial charge on any atom is 0.219 e. The van der Waals surface area contributed by atoms with Gasteiger partial charge >= 0.3 is 0 Å². The highest BCUT2D eigenvalue weighted by Gasteiger charge is 2.27. The molecule has 5 nitrogen and oxygen atoms in total. The van der Waals surface area contributed by atoms with Crippen LogP contribution in [0.25, 0.3) is 0 Å². The summed E-state index contributed by atoms with van der Waals surface area (Å²) in [6.07, 6.45) is 7.20. The normalized spacial score (nSPS) is 16.0. The quantitative estimate of drug-likeness (QED) is 0.547. The van der Waals surface area contributed by atoms with Gasteiger partial charge in [0.2, 0.25) is 5.91 Å². The average Bonchev–Trinajstić information content (AvgIpc) is 2.65. The minimum absolute atomic E-state index is 0.0161. The summed E-state index contributed by atoms with van der Waals surface area (Å²) in [7, 11) is 2.11. The third-order valence-corrected chi connectivity index (χ3v) is 5.33. The van der Waals surface area contributed by atoms with Crippen molar-refractivity contribution in [3.05, 3.63) is 29.3 Å². The Bertz CT molecular complexity index is 645. The van der Waals surface area contributed by atoms with Gasteiger partial charge in [-0.15, -0.1) is 0 Å². The second-order valence-electron chi connectivity index (χ2n) is 7.92. The van der Waals surface area contributed by atoms with E-state index in [9.17, 15) is 9.59 Å². The second-order valence-corrected chi connectivity index (χ2v) is 7.92. The van der Waals surface area contributed by atoms with E-state index in [4.69, 9.17) is 4.74 Å². The fourth-order valence-electron chi connectivity index (χ4n) is 3.69. The van der Waals surface area contributed by atoms with Crippen molar-refractivity contribution >= 4 is 11.7 Å². The first kappa shape index (κ1) is 22.4. The van der Waals surface area contributed by atoms with Crippen molar-refractivity contribution in [3.8, 4) is 5.75 Å². The number of carbonyl (C=O) groups is 2. The molecule has 1 aromatic rings. The maximum absolute atomic E-state index is 12.4. The summed E-state index contributed by atoms with van der Waals surface area (Å²) < 4.78 is 6.04. The van der Waals surface area contributed by atoms with Crippen molar-refractivity contribution in [1.82, 2.24) is 10.2 Å². The molecule has 1 unspecified atom stereocenters. The summed E-state index contributed by atoms with van der Waals surface area (Å²) in [6, 6.07) is 5.80. The van der Waals surface area contributed by atoms with Gasteiger partial charge in [-0.3, -0.25) is 9.59 Å². The molecule has 0 radical (unpaired) electrons. The molecule has 0 bridgehead atoms. The number of aryl methyl sites for hydroxylation is 1. The molecule has 1 aromatic carbocycles. The zero-order valence-corrected chi connectivity index (χ0v) is 17.8. The van der Waals surface area contributed by atoms with E-state index in [1.165, 1.54) is 0 Å². The summed E-state index contributed by atoms with van der Waals surface area (Å²) in [4.78, 5) is 26.4. The minimum Gasteiger partial charge on any atom is -0.489 e. The smallest absolute Gasteiger partial charge is 0.219 e. The number of fused-ring (bicyclic) bond motifs is 1. The van der Waals surface area contributed by atoms with Crippen LogP contribution >= 0.6 is 0 Å². The Labute approximate surface area is 169 Å². The van der Waals surface area contributed by atoms with Gasteiger partial charge in [0.05, 0.1) is 5.56 Å². The highest BCUT2D eigenvalue weighted by Crippen LogP contribution is 2.31. The number of hydrogen-bond acceptors (Lipinski definition) is 4. The lowest BCUT2D eigenvalue weighted by atomic mass is 9.95. The SMILES string of the molecule is CCCCCC(=O)NCCCN(C)CCCC1CC(=O)c2c(C)cccc2O1. The summed E-state index contributed by atoms with van der Waals surface area (Å²) in [6.45, 7) is 6.78.